The van der Waals surface area contributed by atoms with E-state index in [1.807, 2.05) is 19.1 Å². The number of ether oxygens (including phenoxy) is 1. The second kappa shape index (κ2) is 7.33. The van der Waals surface area contributed by atoms with Crippen molar-refractivity contribution < 1.29 is 19.1 Å². The number of benzene rings is 2. The van der Waals surface area contributed by atoms with E-state index in [1.165, 1.54) is 11.1 Å². The molecule has 8 heteroatoms. The van der Waals surface area contributed by atoms with Crippen LogP contribution in [0, 0.1) is 12.8 Å². The van der Waals surface area contributed by atoms with Crippen LogP contribution in [-0.2, 0) is 19.1 Å². The molecular formula is C21H18ClN3O4. The van der Waals surface area contributed by atoms with E-state index in [2.05, 4.69) is 5.10 Å². The number of aryl methyl sites for hydroxylation is 1. The van der Waals surface area contributed by atoms with Crippen molar-refractivity contribution in [3.05, 3.63) is 59.1 Å². The van der Waals surface area contributed by atoms with E-state index in [0.29, 0.717) is 16.4 Å². The van der Waals surface area contributed by atoms with Crippen LogP contribution in [0.2, 0.25) is 5.02 Å². The largest absolute Gasteiger partial charge is 0.461 e. The number of carbonyl (C=O) groups is 3. The number of imide groups is 1. The number of anilines is 2. The molecule has 2 aromatic carbocycles. The van der Waals surface area contributed by atoms with Gasteiger partial charge in [-0.2, -0.15) is 5.10 Å². The van der Waals surface area contributed by atoms with Gasteiger partial charge in [-0.25, -0.2) is 9.69 Å². The molecule has 1 saturated heterocycles. The summed E-state index contributed by atoms with van der Waals surface area (Å²) in [6.07, 6.45) is 0. The quantitative estimate of drug-likeness (QED) is 0.571. The predicted octanol–water partition coefficient (Wildman–Crippen LogP) is 2.95. The average Bonchev–Trinajstić information content (AvgIpc) is 3.20. The molecule has 0 unspecified atom stereocenters. The average molecular weight is 412 g/mol. The molecular weight excluding hydrogens is 394 g/mol. The van der Waals surface area contributed by atoms with Crippen molar-refractivity contribution in [2.24, 2.45) is 11.0 Å². The molecule has 2 aromatic rings. The Balaban J connectivity index is 1.79. The van der Waals surface area contributed by atoms with Crippen molar-refractivity contribution in [1.29, 1.82) is 0 Å². The van der Waals surface area contributed by atoms with Crippen LogP contribution in [0.3, 0.4) is 0 Å². The highest BCUT2D eigenvalue weighted by Gasteiger charge is 2.59. The molecule has 2 heterocycles. The van der Waals surface area contributed by atoms with Gasteiger partial charge in [-0.15, -0.1) is 0 Å². The summed E-state index contributed by atoms with van der Waals surface area (Å²) in [4.78, 5) is 40.0. The topological polar surface area (TPSA) is 79.3 Å². The Morgan fingerprint density at radius 2 is 1.83 bits per heavy atom. The highest BCUT2D eigenvalue weighted by Crippen LogP contribution is 2.38. The Morgan fingerprint density at radius 3 is 2.48 bits per heavy atom. The van der Waals surface area contributed by atoms with E-state index in [1.54, 1.807) is 37.3 Å². The number of hydrogen-bond acceptors (Lipinski definition) is 6. The fraction of sp³-hybridized carbons (Fsp3) is 0.238. The molecule has 2 aliphatic rings. The summed E-state index contributed by atoms with van der Waals surface area (Å²) in [5.74, 6) is -2.73. The molecule has 0 bridgehead atoms. The summed E-state index contributed by atoms with van der Waals surface area (Å²) in [7, 11) is 0. The zero-order chi connectivity index (χ0) is 20.7. The van der Waals surface area contributed by atoms with Crippen LogP contribution in [0.25, 0.3) is 0 Å². The van der Waals surface area contributed by atoms with Gasteiger partial charge in [0.25, 0.3) is 5.91 Å². The zero-order valence-corrected chi connectivity index (χ0v) is 16.6. The molecule has 148 valence electrons. The van der Waals surface area contributed by atoms with E-state index in [4.69, 9.17) is 16.3 Å². The van der Waals surface area contributed by atoms with E-state index < -0.39 is 29.7 Å². The van der Waals surface area contributed by atoms with Crippen LogP contribution in [0.4, 0.5) is 11.4 Å². The molecule has 0 N–H and O–H groups in total. The summed E-state index contributed by atoms with van der Waals surface area (Å²) in [5, 5.41) is 6.15. The van der Waals surface area contributed by atoms with Gasteiger partial charge in [0.15, 0.2) is 5.71 Å². The number of nitrogens with zero attached hydrogens (tertiary/aromatic N) is 3. The third-order valence-electron chi connectivity index (χ3n) is 4.90. The Labute approximate surface area is 172 Å². The molecule has 0 aliphatic carbocycles. The molecule has 0 spiro atoms. The normalized spacial score (nSPS) is 20.7. The molecule has 2 atom stereocenters. The van der Waals surface area contributed by atoms with E-state index in [-0.39, 0.29) is 12.3 Å². The van der Waals surface area contributed by atoms with E-state index in [9.17, 15) is 14.4 Å². The first-order valence-corrected chi connectivity index (χ1v) is 9.55. The minimum atomic E-state index is -1.04. The van der Waals surface area contributed by atoms with Crippen molar-refractivity contribution in [2.45, 2.75) is 19.9 Å². The fourth-order valence-corrected chi connectivity index (χ4v) is 3.75. The molecule has 0 saturated carbocycles. The monoisotopic (exact) mass is 411 g/mol. The highest BCUT2D eigenvalue weighted by atomic mass is 35.5. The first-order valence-electron chi connectivity index (χ1n) is 9.17. The van der Waals surface area contributed by atoms with Crippen LogP contribution < -0.4 is 9.91 Å². The van der Waals surface area contributed by atoms with Crippen LogP contribution in [0.5, 0.6) is 0 Å². The van der Waals surface area contributed by atoms with Gasteiger partial charge in [-0.3, -0.25) is 14.6 Å². The predicted molar refractivity (Wildman–Crippen MR) is 109 cm³/mol. The second-order valence-corrected chi connectivity index (χ2v) is 7.24. The second-order valence-electron chi connectivity index (χ2n) is 6.80. The van der Waals surface area contributed by atoms with Gasteiger partial charge in [0.05, 0.1) is 18.0 Å². The first-order chi connectivity index (χ1) is 13.9. The van der Waals surface area contributed by atoms with Crippen molar-refractivity contribution in [3.63, 3.8) is 0 Å². The van der Waals surface area contributed by atoms with Gasteiger partial charge in [-0.1, -0.05) is 35.4 Å². The minimum Gasteiger partial charge on any atom is -0.461 e. The lowest BCUT2D eigenvalue weighted by Crippen LogP contribution is -2.39. The lowest BCUT2D eigenvalue weighted by atomic mass is 9.97. The number of halogens is 1. The molecule has 2 aliphatic heterocycles. The Bertz CT molecular complexity index is 1030. The molecule has 29 heavy (non-hydrogen) atoms. The molecule has 7 nitrogen and oxygen atoms in total. The molecule has 4 rings (SSSR count). The van der Waals surface area contributed by atoms with Crippen molar-refractivity contribution in [1.82, 2.24) is 0 Å². The van der Waals surface area contributed by atoms with Crippen molar-refractivity contribution in [3.8, 4) is 0 Å². The summed E-state index contributed by atoms with van der Waals surface area (Å²) in [6, 6.07) is 12.9. The number of fused-ring (bicyclic) bond motifs is 1. The van der Waals surface area contributed by atoms with Crippen molar-refractivity contribution >= 4 is 46.5 Å². The summed E-state index contributed by atoms with van der Waals surface area (Å²) < 4.78 is 5.08. The maximum Gasteiger partial charge on any atom is 0.355 e. The SMILES string of the molecule is CCOC(=O)C1=NN(c2ccc(C)cc2)[C@@H]2C(=O)N(c3cccc(Cl)c3)C(=O)[C@@H]12. The highest BCUT2D eigenvalue weighted by molar-refractivity contribution is 6.47. The Morgan fingerprint density at radius 1 is 1.10 bits per heavy atom. The van der Waals surface area contributed by atoms with Crippen LogP contribution >= 0.6 is 11.6 Å². The number of hydrazone groups is 1. The molecule has 1 fully saturated rings. The minimum absolute atomic E-state index is 0.0692. The lowest BCUT2D eigenvalue weighted by Gasteiger charge is -2.22. The molecule has 2 amide bonds. The summed E-state index contributed by atoms with van der Waals surface area (Å²) in [6.45, 7) is 3.75. The molecule has 0 radical (unpaired) electrons. The Hall–Kier alpha value is -3.19. The van der Waals surface area contributed by atoms with Gasteiger partial charge in [0, 0.05) is 5.02 Å². The third-order valence-corrected chi connectivity index (χ3v) is 5.13. The van der Waals surface area contributed by atoms with Gasteiger partial charge in [-0.05, 0) is 44.2 Å². The Kier molecular flexibility index (Phi) is 4.84. The lowest BCUT2D eigenvalue weighted by molar-refractivity contribution is -0.136. The van der Waals surface area contributed by atoms with Crippen LogP contribution in [0.1, 0.15) is 12.5 Å². The number of hydrogen-bond donors (Lipinski definition) is 0. The van der Waals surface area contributed by atoms with Gasteiger partial charge >= 0.3 is 5.97 Å². The van der Waals surface area contributed by atoms with Gasteiger partial charge in [0.2, 0.25) is 5.91 Å². The number of carbonyl (C=O) groups excluding carboxylic acids is 3. The smallest absolute Gasteiger partial charge is 0.355 e. The van der Waals surface area contributed by atoms with Crippen molar-refractivity contribution in [2.75, 3.05) is 16.5 Å². The fourth-order valence-electron chi connectivity index (χ4n) is 3.57. The van der Waals surface area contributed by atoms with Crippen LogP contribution in [-0.4, -0.2) is 36.1 Å². The molecule has 0 aromatic heterocycles. The van der Waals surface area contributed by atoms with Crippen LogP contribution in [0.15, 0.2) is 53.6 Å². The number of esters is 1. The zero-order valence-electron chi connectivity index (χ0n) is 15.8. The van der Waals surface area contributed by atoms with E-state index in [0.717, 1.165) is 10.5 Å². The summed E-state index contributed by atoms with van der Waals surface area (Å²) in [5.41, 5.74) is 1.93. The maximum atomic E-state index is 13.3. The number of rotatable bonds is 4. The third kappa shape index (κ3) is 3.17. The first kappa shape index (κ1) is 19.1. The standard InChI is InChI=1S/C21H18ClN3O4/c1-3-29-21(28)17-16-18(25(23-17)14-9-7-12(2)8-10-14)20(27)24(19(16)26)15-6-4-5-13(22)11-15/h4-11,16,18H,3H2,1-2H3/t16-,18-/m0/s1. The van der Waals surface area contributed by atoms with Gasteiger partial charge < -0.3 is 4.74 Å². The van der Waals surface area contributed by atoms with Gasteiger partial charge in [0.1, 0.15) is 12.0 Å². The van der Waals surface area contributed by atoms with E-state index >= 15 is 0 Å². The summed E-state index contributed by atoms with van der Waals surface area (Å²) >= 11 is 6.04. The number of amides is 2. The maximum absolute atomic E-state index is 13.3.